The zero-order valence-corrected chi connectivity index (χ0v) is 15.9. The van der Waals surface area contributed by atoms with E-state index in [0.717, 1.165) is 17.7 Å². The Morgan fingerprint density at radius 3 is 2.61 bits per heavy atom. The molecule has 2 aromatic heterocycles. The minimum Gasteiger partial charge on any atom is -0.459 e. The fourth-order valence-corrected chi connectivity index (χ4v) is 4.64. The van der Waals surface area contributed by atoms with Crippen molar-refractivity contribution in [3.05, 3.63) is 81.6 Å². The average molecular weight is 395 g/mol. The number of hydrogen-bond acceptors (Lipinski definition) is 3. The quantitative estimate of drug-likeness (QED) is 0.659. The molecule has 2 atom stereocenters. The summed E-state index contributed by atoms with van der Waals surface area (Å²) in [6, 6.07) is 14.7. The largest absolute Gasteiger partial charge is 0.459 e. The Hall–Kier alpha value is -2.79. The molecule has 5 nitrogen and oxygen atoms in total. The van der Waals surface area contributed by atoms with E-state index in [1.165, 1.54) is 6.26 Å². The first-order valence-electron chi connectivity index (χ1n) is 9.42. The molecule has 0 spiro atoms. The van der Waals surface area contributed by atoms with Crippen LogP contribution < -0.4 is 5.56 Å². The maximum atomic E-state index is 13.2. The van der Waals surface area contributed by atoms with Crippen molar-refractivity contribution >= 4 is 17.5 Å². The second-order valence-corrected chi connectivity index (χ2v) is 8.02. The molecule has 1 fully saturated rings. The van der Waals surface area contributed by atoms with Crippen molar-refractivity contribution in [2.45, 2.75) is 18.9 Å². The summed E-state index contributed by atoms with van der Waals surface area (Å²) in [5.74, 6) is 0.727. The van der Waals surface area contributed by atoms with Crippen LogP contribution in [0.2, 0.25) is 5.02 Å². The molecule has 0 radical (unpaired) electrons. The van der Waals surface area contributed by atoms with Gasteiger partial charge in [0.2, 0.25) is 0 Å². The molecule has 2 aliphatic rings. The molecule has 2 unspecified atom stereocenters. The van der Waals surface area contributed by atoms with Gasteiger partial charge in [0, 0.05) is 41.8 Å². The van der Waals surface area contributed by atoms with Gasteiger partial charge in [0.05, 0.1) is 6.26 Å². The van der Waals surface area contributed by atoms with Gasteiger partial charge in [-0.25, -0.2) is 0 Å². The Morgan fingerprint density at radius 2 is 1.86 bits per heavy atom. The number of halogens is 1. The molecule has 4 heterocycles. The predicted molar refractivity (Wildman–Crippen MR) is 107 cm³/mol. The van der Waals surface area contributed by atoms with E-state index in [1.807, 2.05) is 33.7 Å². The van der Waals surface area contributed by atoms with E-state index in [9.17, 15) is 9.59 Å². The average Bonchev–Trinajstić information content (AvgIpc) is 3.24. The van der Waals surface area contributed by atoms with Crippen LogP contribution in [0.3, 0.4) is 0 Å². The molecule has 0 saturated carbocycles. The van der Waals surface area contributed by atoms with Crippen molar-refractivity contribution in [1.29, 1.82) is 0 Å². The van der Waals surface area contributed by atoms with Gasteiger partial charge in [0.25, 0.3) is 11.5 Å². The third kappa shape index (κ3) is 2.87. The van der Waals surface area contributed by atoms with E-state index in [-0.39, 0.29) is 23.3 Å². The molecular formula is C22H19ClN2O3. The van der Waals surface area contributed by atoms with Crippen LogP contribution in [0.5, 0.6) is 0 Å². The summed E-state index contributed by atoms with van der Waals surface area (Å²) < 4.78 is 7.18. The normalized spacial score (nSPS) is 20.7. The first-order chi connectivity index (χ1) is 13.6. The van der Waals surface area contributed by atoms with Crippen LogP contribution in [-0.2, 0) is 6.54 Å². The number of furan rings is 1. The van der Waals surface area contributed by atoms with Crippen LogP contribution in [0, 0.1) is 5.92 Å². The number of carbonyl (C=O) groups is 1. The maximum Gasteiger partial charge on any atom is 0.289 e. The monoisotopic (exact) mass is 394 g/mol. The molecule has 0 N–H and O–H groups in total. The van der Waals surface area contributed by atoms with Crippen LogP contribution in [0.25, 0.3) is 11.1 Å². The van der Waals surface area contributed by atoms with Gasteiger partial charge >= 0.3 is 0 Å². The standard InChI is InChI=1S/C22H19ClN2O3/c23-17-5-3-15(4-6-17)18-7-8-19-16-10-14(12-25(19)21(18)26)11-24(13-16)22(27)20-2-1-9-28-20/h1-9,14,16H,10-13H2. The maximum absolute atomic E-state index is 13.2. The van der Waals surface area contributed by atoms with Gasteiger partial charge in [0.1, 0.15) is 0 Å². The third-order valence-corrected chi connectivity index (χ3v) is 6.03. The summed E-state index contributed by atoms with van der Waals surface area (Å²) in [5, 5.41) is 0.651. The molecular weight excluding hydrogens is 376 g/mol. The first kappa shape index (κ1) is 17.3. The third-order valence-electron chi connectivity index (χ3n) is 5.78. The van der Waals surface area contributed by atoms with Crippen molar-refractivity contribution in [2.24, 2.45) is 5.92 Å². The van der Waals surface area contributed by atoms with Crippen molar-refractivity contribution in [1.82, 2.24) is 9.47 Å². The number of hydrogen-bond donors (Lipinski definition) is 0. The van der Waals surface area contributed by atoms with Gasteiger partial charge < -0.3 is 13.9 Å². The number of fused-ring (bicyclic) bond motifs is 4. The topological polar surface area (TPSA) is 55.5 Å². The molecule has 1 saturated heterocycles. The highest BCUT2D eigenvalue weighted by atomic mass is 35.5. The van der Waals surface area contributed by atoms with E-state index in [2.05, 4.69) is 0 Å². The Bertz CT molecular complexity index is 1090. The minimum absolute atomic E-state index is 0.0281. The molecule has 3 aromatic rings. The second-order valence-electron chi connectivity index (χ2n) is 7.58. The number of piperidine rings is 1. The van der Waals surface area contributed by atoms with E-state index in [0.29, 0.717) is 36.0 Å². The molecule has 0 aliphatic carbocycles. The van der Waals surface area contributed by atoms with Crippen molar-refractivity contribution in [3.63, 3.8) is 0 Å². The number of benzene rings is 1. The zero-order valence-electron chi connectivity index (χ0n) is 15.2. The van der Waals surface area contributed by atoms with E-state index in [1.54, 1.807) is 24.3 Å². The Morgan fingerprint density at radius 1 is 1.04 bits per heavy atom. The van der Waals surface area contributed by atoms with E-state index in [4.69, 9.17) is 16.0 Å². The SMILES string of the molecule is O=C(c1ccco1)N1CC2CC(C1)c1ccc(-c3ccc(Cl)cc3)c(=O)n1C2. The predicted octanol–water partition coefficient (Wildman–Crippen LogP) is 4.02. The van der Waals surface area contributed by atoms with Gasteiger partial charge in [-0.15, -0.1) is 0 Å². The fraction of sp³-hybridized carbons (Fsp3) is 0.273. The van der Waals surface area contributed by atoms with Gasteiger partial charge in [-0.3, -0.25) is 9.59 Å². The summed E-state index contributed by atoms with van der Waals surface area (Å²) in [4.78, 5) is 27.7. The first-order valence-corrected chi connectivity index (χ1v) is 9.80. The summed E-state index contributed by atoms with van der Waals surface area (Å²) >= 11 is 5.97. The highest BCUT2D eigenvalue weighted by Gasteiger charge is 2.37. The zero-order chi connectivity index (χ0) is 19.3. The van der Waals surface area contributed by atoms with E-state index >= 15 is 0 Å². The van der Waals surface area contributed by atoms with Crippen LogP contribution in [0.15, 0.2) is 64.0 Å². The number of aromatic nitrogens is 1. The Balaban J connectivity index is 1.48. The van der Waals surface area contributed by atoms with Gasteiger partial charge in [0.15, 0.2) is 5.76 Å². The number of likely N-dealkylation sites (tertiary alicyclic amines) is 1. The fourth-order valence-electron chi connectivity index (χ4n) is 4.52. The Labute approximate surface area is 167 Å². The lowest BCUT2D eigenvalue weighted by Gasteiger charge is -2.42. The molecule has 2 bridgehead atoms. The lowest BCUT2D eigenvalue weighted by atomic mass is 9.82. The smallest absolute Gasteiger partial charge is 0.289 e. The molecule has 6 heteroatoms. The molecule has 2 aliphatic heterocycles. The van der Waals surface area contributed by atoms with Gasteiger partial charge in [-0.05, 0) is 54.3 Å². The number of rotatable bonds is 2. The molecule has 1 aromatic carbocycles. The summed E-state index contributed by atoms with van der Waals surface area (Å²) in [6.45, 7) is 1.89. The number of carbonyl (C=O) groups excluding carboxylic acids is 1. The van der Waals surface area contributed by atoms with Gasteiger partial charge in [-0.2, -0.15) is 0 Å². The number of amides is 1. The summed E-state index contributed by atoms with van der Waals surface area (Å²) in [6.07, 6.45) is 2.52. The Kier molecular flexibility index (Phi) is 4.13. The lowest BCUT2D eigenvalue weighted by molar-refractivity contribution is 0.0564. The van der Waals surface area contributed by atoms with Crippen LogP contribution in [0.4, 0.5) is 0 Å². The second kappa shape index (κ2) is 6.67. The van der Waals surface area contributed by atoms with Crippen molar-refractivity contribution < 1.29 is 9.21 Å². The highest BCUT2D eigenvalue weighted by Crippen LogP contribution is 2.36. The van der Waals surface area contributed by atoms with Crippen LogP contribution in [-0.4, -0.2) is 28.5 Å². The van der Waals surface area contributed by atoms with Gasteiger partial charge in [-0.1, -0.05) is 23.7 Å². The summed E-state index contributed by atoms with van der Waals surface area (Å²) in [5.41, 5.74) is 2.59. The molecule has 5 rings (SSSR count). The van der Waals surface area contributed by atoms with Crippen molar-refractivity contribution in [3.8, 4) is 11.1 Å². The highest BCUT2D eigenvalue weighted by molar-refractivity contribution is 6.30. The summed E-state index contributed by atoms with van der Waals surface area (Å²) in [7, 11) is 0. The number of pyridine rings is 1. The molecule has 1 amide bonds. The van der Waals surface area contributed by atoms with Crippen molar-refractivity contribution in [2.75, 3.05) is 13.1 Å². The lowest BCUT2D eigenvalue weighted by Crippen LogP contribution is -2.49. The number of nitrogens with zero attached hydrogens (tertiary/aromatic N) is 2. The van der Waals surface area contributed by atoms with Crippen LogP contribution in [0.1, 0.15) is 28.6 Å². The van der Waals surface area contributed by atoms with Crippen LogP contribution >= 0.6 is 11.6 Å². The van der Waals surface area contributed by atoms with E-state index < -0.39 is 0 Å². The molecule has 142 valence electrons. The molecule has 28 heavy (non-hydrogen) atoms. The minimum atomic E-state index is -0.0757.